The average Bonchev–Trinajstić information content (AvgIpc) is 3.22. The van der Waals surface area contributed by atoms with Crippen LogP contribution >= 0.6 is 0 Å². The minimum Gasteiger partial charge on any atom is -0.480 e. The molecular formula is C26H31BN4O5. The van der Waals surface area contributed by atoms with Crippen LogP contribution in [0.5, 0.6) is 0 Å². The number of likely N-dealkylation sites (N-methyl/N-ethyl adjacent to an activating group) is 1. The molecule has 0 aromatic heterocycles. The molecule has 188 valence electrons. The largest absolute Gasteiger partial charge is 0.480 e. The Labute approximate surface area is 212 Å². The van der Waals surface area contributed by atoms with Crippen LogP contribution in [-0.4, -0.2) is 86.1 Å². The molecule has 10 heteroatoms. The van der Waals surface area contributed by atoms with Crippen molar-refractivity contribution in [2.45, 2.75) is 37.8 Å². The van der Waals surface area contributed by atoms with Gasteiger partial charge in [0.2, 0.25) is 5.91 Å². The Kier molecular flexibility index (Phi) is 7.96. The van der Waals surface area contributed by atoms with Gasteiger partial charge in [0, 0.05) is 37.4 Å². The molecule has 0 spiro atoms. The lowest BCUT2D eigenvalue weighted by Gasteiger charge is -2.24. The van der Waals surface area contributed by atoms with Gasteiger partial charge in [-0.1, -0.05) is 30.6 Å². The fourth-order valence-corrected chi connectivity index (χ4v) is 4.90. The van der Waals surface area contributed by atoms with Crippen molar-refractivity contribution in [1.29, 1.82) is 0 Å². The van der Waals surface area contributed by atoms with Crippen molar-refractivity contribution in [1.82, 2.24) is 9.80 Å². The standard InChI is InChI=1S/C26H31BN4O5/c1-16-13-30(2)10-9-17-3-6-20(11-22(16)17)28-25(34)23-12-21(36-15-24(32)33)14-31(23)26(35)29-19-7-4-18(27)5-8-19/h3-8,11,16,21,23H,9-10,12-15H2,1-2H3,(H,28,34)(H,29,35)(H,32,33). The molecule has 0 bridgehead atoms. The van der Waals surface area contributed by atoms with Gasteiger partial charge in [-0.3, -0.25) is 4.79 Å². The van der Waals surface area contributed by atoms with Crippen LogP contribution in [0.15, 0.2) is 42.5 Å². The number of carboxylic acids is 1. The van der Waals surface area contributed by atoms with E-state index in [-0.39, 0.29) is 18.9 Å². The van der Waals surface area contributed by atoms with E-state index in [1.165, 1.54) is 16.0 Å². The number of likely N-dealkylation sites (tertiary alicyclic amines) is 1. The normalized spacial score (nSPS) is 21.9. The summed E-state index contributed by atoms with van der Waals surface area (Å²) in [6.07, 6.45) is 0.575. The highest BCUT2D eigenvalue weighted by molar-refractivity contribution is 6.32. The highest BCUT2D eigenvalue weighted by Gasteiger charge is 2.40. The summed E-state index contributed by atoms with van der Waals surface area (Å²) in [5.41, 5.74) is 4.26. The molecule has 1 saturated heterocycles. The zero-order chi connectivity index (χ0) is 25.8. The third-order valence-electron chi connectivity index (χ3n) is 6.72. The van der Waals surface area contributed by atoms with Gasteiger partial charge >= 0.3 is 12.0 Å². The maximum atomic E-state index is 13.4. The second-order valence-corrected chi connectivity index (χ2v) is 9.60. The molecular weight excluding hydrogens is 459 g/mol. The number of aliphatic carboxylic acids is 1. The summed E-state index contributed by atoms with van der Waals surface area (Å²) in [4.78, 5) is 41.1. The van der Waals surface area contributed by atoms with Crippen LogP contribution < -0.4 is 16.1 Å². The number of nitrogens with zero attached hydrogens (tertiary/aromatic N) is 2. The smallest absolute Gasteiger partial charge is 0.329 e. The van der Waals surface area contributed by atoms with Crippen LogP contribution in [0.2, 0.25) is 0 Å². The predicted molar refractivity (Wildman–Crippen MR) is 138 cm³/mol. The van der Waals surface area contributed by atoms with Crippen LogP contribution in [0.4, 0.5) is 16.2 Å². The quantitative estimate of drug-likeness (QED) is 0.533. The van der Waals surface area contributed by atoms with E-state index in [2.05, 4.69) is 35.6 Å². The summed E-state index contributed by atoms with van der Waals surface area (Å²) >= 11 is 0. The van der Waals surface area contributed by atoms with Crippen molar-refractivity contribution in [2.24, 2.45) is 0 Å². The number of nitrogens with one attached hydrogen (secondary N) is 2. The first-order valence-electron chi connectivity index (χ1n) is 12.1. The van der Waals surface area contributed by atoms with Crippen molar-refractivity contribution < 1.29 is 24.2 Å². The fraction of sp³-hybridized carbons (Fsp3) is 0.423. The van der Waals surface area contributed by atoms with Gasteiger partial charge in [-0.05, 0) is 54.8 Å². The average molecular weight is 490 g/mol. The van der Waals surface area contributed by atoms with E-state index in [0.29, 0.717) is 22.8 Å². The molecule has 36 heavy (non-hydrogen) atoms. The number of carbonyl (C=O) groups excluding carboxylic acids is 2. The zero-order valence-corrected chi connectivity index (χ0v) is 20.6. The molecule has 3 atom stereocenters. The SMILES string of the molecule is [B]c1ccc(NC(=O)N2CC(OCC(=O)O)CC2C(=O)Nc2ccc3c(c2)C(C)CN(C)CC3)cc1. The van der Waals surface area contributed by atoms with Gasteiger partial charge in [0.25, 0.3) is 0 Å². The number of hydrogen-bond acceptors (Lipinski definition) is 5. The summed E-state index contributed by atoms with van der Waals surface area (Å²) in [5, 5.41) is 14.7. The van der Waals surface area contributed by atoms with E-state index in [0.717, 1.165) is 19.5 Å². The first-order chi connectivity index (χ1) is 17.2. The first kappa shape index (κ1) is 25.7. The number of carbonyl (C=O) groups is 3. The minimum atomic E-state index is -1.11. The Morgan fingerprint density at radius 2 is 1.81 bits per heavy atom. The van der Waals surface area contributed by atoms with Gasteiger partial charge in [0.15, 0.2) is 0 Å². The number of hydrogen-bond donors (Lipinski definition) is 3. The van der Waals surface area contributed by atoms with Crippen molar-refractivity contribution in [3.8, 4) is 0 Å². The third kappa shape index (κ3) is 6.25. The number of fused-ring (bicyclic) bond motifs is 1. The second-order valence-electron chi connectivity index (χ2n) is 9.60. The summed E-state index contributed by atoms with van der Waals surface area (Å²) < 4.78 is 5.43. The van der Waals surface area contributed by atoms with Gasteiger partial charge in [-0.25, -0.2) is 9.59 Å². The number of urea groups is 1. The van der Waals surface area contributed by atoms with Crippen LogP contribution in [0.25, 0.3) is 0 Å². The van der Waals surface area contributed by atoms with Crippen molar-refractivity contribution in [2.75, 3.05) is 43.9 Å². The summed E-state index contributed by atoms with van der Waals surface area (Å²) in [5.74, 6) is -1.13. The molecule has 0 aliphatic carbocycles. The Balaban J connectivity index is 1.50. The number of anilines is 2. The van der Waals surface area contributed by atoms with Crippen LogP contribution in [0.3, 0.4) is 0 Å². The molecule has 3 amide bonds. The zero-order valence-electron chi connectivity index (χ0n) is 20.6. The van der Waals surface area contributed by atoms with Gasteiger partial charge < -0.3 is 30.3 Å². The monoisotopic (exact) mass is 490 g/mol. The lowest BCUT2D eigenvalue weighted by molar-refractivity contribution is -0.144. The molecule has 2 aromatic carbocycles. The van der Waals surface area contributed by atoms with Crippen molar-refractivity contribution in [3.63, 3.8) is 0 Å². The molecule has 2 aromatic rings. The number of amides is 3. The molecule has 2 aliphatic rings. The number of benzene rings is 2. The highest BCUT2D eigenvalue weighted by Crippen LogP contribution is 2.29. The van der Waals surface area contributed by atoms with Gasteiger partial charge in [-0.2, -0.15) is 0 Å². The summed E-state index contributed by atoms with van der Waals surface area (Å²) in [7, 11) is 7.82. The van der Waals surface area contributed by atoms with E-state index < -0.39 is 30.8 Å². The third-order valence-corrected chi connectivity index (χ3v) is 6.72. The number of ether oxygens (including phenoxy) is 1. The van der Waals surface area contributed by atoms with Gasteiger partial charge in [0.1, 0.15) is 20.5 Å². The molecule has 4 rings (SSSR count). The molecule has 2 aliphatic heterocycles. The number of carboxylic acid groups (broad SMARTS) is 1. The van der Waals surface area contributed by atoms with E-state index in [1.807, 2.05) is 12.1 Å². The van der Waals surface area contributed by atoms with Crippen LogP contribution in [-0.2, 0) is 20.7 Å². The molecule has 1 fully saturated rings. The Morgan fingerprint density at radius 3 is 2.53 bits per heavy atom. The first-order valence-corrected chi connectivity index (χ1v) is 12.1. The van der Waals surface area contributed by atoms with Crippen molar-refractivity contribution >= 4 is 42.6 Å². The molecule has 9 nitrogen and oxygen atoms in total. The molecule has 0 saturated carbocycles. The molecule has 3 unspecified atom stereocenters. The van der Waals surface area contributed by atoms with E-state index in [9.17, 15) is 14.4 Å². The van der Waals surface area contributed by atoms with E-state index in [1.54, 1.807) is 24.3 Å². The Morgan fingerprint density at radius 1 is 1.08 bits per heavy atom. The lowest BCUT2D eigenvalue weighted by atomic mass is 9.94. The highest BCUT2D eigenvalue weighted by atomic mass is 16.5. The maximum Gasteiger partial charge on any atom is 0.329 e. The fourth-order valence-electron chi connectivity index (χ4n) is 4.90. The Bertz CT molecular complexity index is 1130. The second kappa shape index (κ2) is 11.1. The molecule has 2 heterocycles. The van der Waals surface area contributed by atoms with Gasteiger partial charge in [-0.15, -0.1) is 0 Å². The van der Waals surface area contributed by atoms with E-state index >= 15 is 0 Å². The topological polar surface area (TPSA) is 111 Å². The molecule has 3 N–H and O–H groups in total. The summed E-state index contributed by atoms with van der Waals surface area (Å²) in [6.45, 7) is 3.70. The maximum absolute atomic E-state index is 13.4. The van der Waals surface area contributed by atoms with Crippen molar-refractivity contribution in [3.05, 3.63) is 53.6 Å². The molecule has 2 radical (unpaired) electrons. The predicted octanol–water partition coefficient (Wildman–Crippen LogP) is 1.79. The lowest BCUT2D eigenvalue weighted by Crippen LogP contribution is -2.45. The van der Waals surface area contributed by atoms with Gasteiger partial charge in [0.05, 0.1) is 6.10 Å². The Hall–Kier alpha value is -3.37. The van der Waals surface area contributed by atoms with E-state index in [4.69, 9.17) is 17.7 Å². The minimum absolute atomic E-state index is 0.0970. The number of rotatable bonds is 6. The van der Waals surface area contributed by atoms with Crippen LogP contribution in [0, 0.1) is 0 Å². The van der Waals surface area contributed by atoms with Crippen LogP contribution in [0.1, 0.15) is 30.4 Å². The summed E-state index contributed by atoms with van der Waals surface area (Å²) in [6, 6.07) is 11.3.